The molecule has 0 fully saturated rings. The summed E-state index contributed by atoms with van der Waals surface area (Å²) in [5.41, 5.74) is 3.50. The van der Waals surface area contributed by atoms with Crippen LogP contribution < -0.4 is 0 Å². The molecular weight excluding hydrogens is 434 g/mol. The van der Waals surface area contributed by atoms with Crippen LogP contribution in [0.25, 0.3) is 0 Å². The Morgan fingerprint density at radius 2 is 1.52 bits per heavy atom. The van der Waals surface area contributed by atoms with E-state index in [1.807, 2.05) is 6.92 Å². The first-order chi connectivity index (χ1) is 11.3. The predicted octanol–water partition coefficient (Wildman–Crippen LogP) is 5.35. The third kappa shape index (κ3) is 15.9. The van der Waals surface area contributed by atoms with Gasteiger partial charge in [-0.2, -0.15) is 4.31 Å². The van der Waals surface area contributed by atoms with Crippen molar-refractivity contribution < 1.29 is 32.6 Å². The average molecular weight is 461 g/mol. The van der Waals surface area contributed by atoms with Crippen molar-refractivity contribution in [2.24, 2.45) is 0 Å². The molecule has 0 heterocycles. The van der Waals surface area contributed by atoms with E-state index in [0.717, 1.165) is 31.3 Å². The maximum Gasteiger partial charge on any atom is 0.482 e. The Morgan fingerprint density at radius 1 is 1.00 bits per heavy atom. The van der Waals surface area contributed by atoms with Gasteiger partial charge < -0.3 is 14.7 Å². The molecule has 0 aliphatic rings. The molecule has 7 nitrogen and oxygen atoms in total. The van der Waals surface area contributed by atoms with Crippen LogP contribution in [0.2, 0.25) is 0 Å². The maximum atomic E-state index is 11.4. The second-order valence-electron chi connectivity index (χ2n) is 5.92. The molecule has 0 aromatic heterocycles. The van der Waals surface area contributed by atoms with Gasteiger partial charge in [0.05, 0.1) is 0 Å². The summed E-state index contributed by atoms with van der Waals surface area (Å²) in [4.78, 5) is 26.3. The molecule has 0 saturated heterocycles. The zero-order chi connectivity index (χ0) is 19.7. The third-order valence-electron chi connectivity index (χ3n) is 2.98. The minimum absolute atomic E-state index is 0.723. The molecule has 146 valence electrons. The summed E-state index contributed by atoms with van der Waals surface area (Å²) < 4.78 is 30.3. The lowest BCUT2D eigenvalue weighted by Crippen LogP contribution is -2.02. The Kier molecular flexibility index (Phi) is 11.6. The van der Waals surface area contributed by atoms with E-state index in [1.54, 1.807) is 0 Å². The Bertz CT molecular complexity index is 603. The Balaban J connectivity index is 4.41. The standard InChI is InChI=1S/C15H27BrO7P2/c1-12(2)7-5-8-13(3)9-6-10-14(4)11-15(16)22-25(20,21)23-24(17,18)19/h7,9,11,15H,5-6,8,10H2,1-4H3,(H,20,21)(H2,17,18,19). The minimum Gasteiger partial charge on any atom is -0.302 e. The Hall–Kier alpha value is -0.0400. The van der Waals surface area contributed by atoms with Crippen LogP contribution in [0.15, 0.2) is 34.9 Å². The highest BCUT2D eigenvalue weighted by Crippen LogP contribution is 2.58. The zero-order valence-electron chi connectivity index (χ0n) is 14.9. The van der Waals surface area contributed by atoms with Crippen molar-refractivity contribution in [1.82, 2.24) is 0 Å². The lowest BCUT2D eigenvalue weighted by Gasteiger charge is -2.14. The van der Waals surface area contributed by atoms with E-state index in [1.165, 1.54) is 17.2 Å². The molecule has 0 saturated carbocycles. The molecular formula is C15H27BrO7P2. The quantitative estimate of drug-likeness (QED) is 0.216. The van der Waals surface area contributed by atoms with E-state index in [0.29, 0.717) is 0 Å². The number of rotatable bonds is 11. The fourth-order valence-electron chi connectivity index (χ4n) is 1.86. The van der Waals surface area contributed by atoms with Gasteiger partial charge >= 0.3 is 15.6 Å². The number of allylic oxidation sites excluding steroid dienone is 5. The molecule has 10 heteroatoms. The first-order valence-corrected chi connectivity index (χ1v) is 11.6. The van der Waals surface area contributed by atoms with Crippen LogP contribution in [-0.2, 0) is 18.0 Å². The van der Waals surface area contributed by atoms with Crippen LogP contribution >= 0.6 is 31.6 Å². The second-order valence-corrected chi connectivity index (χ2v) is 9.60. The smallest absolute Gasteiger partial charge is 0.302 e. The number of halogens is 1. The van der Waals surface area contributed by atoms with E-state index >= 15 is 0 Å². The molecule has 0 rings (SSSR count). The minimum atomic E-state index is -5.11. The molecule has 0 aromatic rings. The van der Waals surface area contributed by atoms with Crippen molar-refractivity contribution in [3.63, 3.8) is 0 Å². The highest BCUT2D eigenvalue weighted by atomic mass is 79.9. The zero-order valence-corrected chi connectivity index (χ0v) is 18.3. The van der Waals surface area contributed by atoms with Gasteiger partial charge in [0, 0.05) is 0 Å². The number of alkyl halides is 1. The van der Waals surface area contributed by atoms with Gasteiger partial charge in [0.1, 0.15) is 5.01 Å². The molecule has 0 amide bonds. The first kappa shape index (κ1) is 25.0. The summed E-state index contributed by atoms with van der Waals surface area (Å²) in [6.45, 7) is 8.05. The van der Waals surface area contributed by atoms with Crippen LogP contribution in [0.5, 0.6) is 0 Å². The van der Waals surface area contributed by atoms with Gasteiger partial charge in [0.25, 0.3) is 0 Å². The summed E-state index contributed by atoms with van der Waals surface area (Å²) in [6.07, 6.45) is 9.45. The molecule has 0 aromatic carbocycles. The van der Waals surface area contributed by atoms with Crippen LogP contribution in [0.3, 0.4) is 0 Å². The fraction of sp³-hybridized carbons (Fsp3) is 0.600. The van der Waals surface area contributed by atoms with Crippen molar-refractivity contribution >= 4 is 31.6 Å². The molecule has 2 unspecified atom stereocenters. The number of hydrogen-bond donors (Lipinski definition) is 3. The van der Waals surface area contributed by atoms with Gasteiger partial charge in [-0.15, -0.1) is 0 Å². The van der Waals surface area contributed by atoms with Gasteiger partial charge in [-0.25, -0.2) is 9.13 Å². The van der Waals surface area contributed by atoms with Gasteiger partial charge in [0.15, 0.2) is 0 Å². The average Bonchev–Trinajstić information content (AvgIpc) is 2.33. The predicted molar refractivity (Wildman–Crippen MR) is 102 cm³/mol. The molecule has 2 atom stereocenters. The molecule has 0 aliphatic carbocycles. The molecule has 3 N–H and O–H groups in total. The summed E-state index contributed by atoms with van der Waals surface area (Å²) in [6, 6.07) is 0. The van der Waals surface area contributed by atoms with Crippen molar-refractivity contribution in [3.05, 3.63) is 34.9 Å². The summed E-state index contributed by atoms with van der Waals surface area (Å²) in [5.74, 6) is 0. The molecule has 0 bridgehead atoms. The number of hydrogen-bond acceptors (Lipinski definition) is 4. The summed E-state index contributed by atoms with van der Waals surface area (Å²) in [5, 5.41) is -1.00. The van der Waals surface area contributed by atoms with Gasteiger partial charge in [-0.1, -0.05) is 44.8 Å². The highest BCUT2D eigenvalue weighted by Gasteiger charge is 2.34. The Morgan fingerprint density at radius 3 is 2.04 bits per heavy atom. The summed E-state index contributed by atoms with van der Waals surface area (Å²) in [7, 11) is -9.97. The highest BCUT2D eigenvalue weighted by molar-refractivity contribution is 9.09. The molecule has 25 heavy (non-hydrogen) atoms. The van der Waals surface area contributed by atoms with Crippen LogP contribution in [-0.4, -0.2) is 19.7 Å². The van der Waals surface area contributed by atoms with E-state index in [9.17, 15) is 14.0 Å². The third-order valence-corrected chi connectivity index (χ3v) is 5.89. The van der Waals surface area contributed by atoms with Crippen LogP contribution in [0.1, 0.15) is 53.4 Å². The van der Waals surface area contributed by atoms with E-state index < -0.39 is 20.7 Å². The van der Waals surface area contributed by atoms with E-state index in [-0.39, 0.29) is 0 Å². The van der Waals surface area contributed by atoms with Gasteiger partial charge in [0.2, 0.25) is 0 Å². The lowest BCUT2D eigenvalue weighted by atomic mass is 10.1. The van der Waals surface area contributed by atoms with Gasteiger partial charge in [-0.3, -0.25) is 4.52 Å². The van der Waals surface area contributed by atoms with Crippen molar-refractivity contribution in [2.75, 3.05) is 0 Å². The van der Waals surface area contributed by atoms with Gasteiger partial charge in [-0.05, 0) is 59.5 Å². The SMILES string of the molecule is CC(C)=CCCC(C)=CCCC(C)=CC(Br)OP(=O)(O)OP(=O)(O)O. The monoisotopic (exact) mass is 460 g/mol. The number of phosphoric ester groups is 1. The topological polar surface area (TPSA) is 113 Å². The molecule has 0 aliphatic heterocycles. The fourth-order valence-corrected chi connectivity index (χ4v) is 4.48. The largest absolute Gasteiger partial charge is 0.482 e. The van der Waals surface area contributed by atoms with Crippen molar-refractivity contribution in [3.8, 4) is 0 Å². The lowest BCUT2D eigenvalue weighted by molar-refractivity contribution is 0.183. The second kappa shape index (κ2) is 11.6. The van der Waals surface area contributed by atoms with Crippen molar-refractivity contribution in [2.45, 2.75) is 58.4 Å². The first-order valence-electron chi connectivity index (χ1n) is 7.69. The summed E-state index contributed by atoms with van der Waals surface area (Å²) >= 11 is 3.00. The maximum absolute atomic E-state index is 11.4. The Labute approximate surface area is 157 Å². The number of phosphoric acid groups is 2. The van der Waals surface area contributed by atoms with Crippen LogP contribution in [0, 0.1) is 0 Å². The van der Waals surface area contributed by atoms with Crippen LogP contribution in [0.4, 0.5) is 0 Å². The molecule has 0 radical (unpaired) electrons. The van der Waals surface area contributed by atoms with E-state index in [4.69, 9.17) is 9.79 Å². The van der Waals surface area contributed by atoms with E-state index in [2.05, 4.69) is 57.7 Å². The molecule has 0 spiro atoms. The normalized spacial score (nSPS) is 17.1. The van der Waals surface area contributed by atoms with Crippen molar-refractivity contribution in [1.29, 1.82) is 0 Å².